The Morgan fingerprint density at radius 3 is 1.21 bits per heavy atom. The van der Waals surface area contributed by atoms with Crippen molar-refractivity contribution in [1.29, 1.82) is 0 Å². The molecule has 110 heavy (non-hydrogen) atoms. The van der Waals surface area contributed by atoms with Crippen molar-refractivity contribution in [3.8, 4) is 0 Å². The first-order valence-electron chi connectivity index (χ1n) is 37.9. The van der Waals surface area contributed by atoms with Crippen molar-refractivity contribution in [3.63, 3.8) is 0 Å². The standard InChI is InChI=1S/C77H118N16O17/c1-52(2)69(74(103)80-54(5)71(100)82-58-21-17-56(18-22-58)46-76(7,8)9)85-65(96)29-34-105-38-42-109-44-40-107-36-32-91-50-60(87-89-91)48-78-63(94)26-25-62(84-64(95)16-14-13-15-31-93-67(98)27-28-68(93)99)73(102)79-49-61-51-92(90-88-61)33-37-108-41-45-110-43-39-106-35-30-66(97)86-70(53(3)4)75(104)81-55(6)72(101)83-59-23-19-57(20-24-59)47-77(10,11)12/h17-24,27-28,50-55,62,69-70H,13-16,25-26,29-49H2,1-12H3,(H,78,94)(H,79,102)(H,80,103)(H,81,104)(H,82,100)(H,83,101)(H,84,95)(H,85,96)(H,86,97)/t54-,55-,62-,69-,70-/m0/s1. The number of hydrogen-bond acceptors (Lipinski definition) is 21. The predicted octanol–water partition coefficient (Wildman–Crippen LogP) is 4.18. The normalized spacial score (nSPS) is 13.7. The second kappa shape index (κ2) is 48.3. The molecule has 0 unspecified atom stereocenters. The monoisotopic (exact) mass is 1540 g/mol. The van der Waals surface area contributed by atoms with Gasteiger partial charge < -0.3 is 76.3 Å². The van der Waals surface area contributed by atoms with Gasteiger partial charge in [0, 0.05) is 55.8 Å². The minimum Gasteiger partial charge on any atom is -0.379 e. The zero-order valence-corrected chi connectivity index (χ0v) is 66.1. The number of benzene rings is 2. The zero-order chi connectivity index (χ0) is 80.6. The second-order valence-corrected chi connectivity index (χ2v) is 30.1. The minimum absolute atomic E-state index is 0.00922. The number of amides is 11. The quantitative estimate of drug-likeness (QED) is 0.0221. The molecule has 0 saturated heterocycles. The van der Waals surface area contributed by atoms with Gasteiger partial charge in [-0.05, 0) is 104 Å². The summed E-state index contributed by atoms with van der Waals surface area (Å²) in [6.07, 6.45) is 8.87. The van der Waals surface area contributed by atoms with Crippen LogP contribution in [0.1, 0.15) is 157 Å². The summed E-state index contributed by atoms with van der Waals surface area (Å²) in [6, 6.07) is 10.7. The Hall–Kier alpha value is -9.41. The fourth-order valence-electron chi connectivity index (χ4n) is 11.0. The molecule has 0 saturated carbocycles. The summed E-state index contributed by atoms with van der Waals surface area (Å²) in [7, 11) is 0. The van der Waals surface area contributed by atoms with Gasteiger partial charge in [-0.1, -0.05) is 110 Å². The highest BCUT2D eigenvalue weighted by atomic mass is 16.5. The molecule has 11 amide bonds. The van der Waals surface area contributed by atoms with Crippen LogP contribution in [0.15, 0.2) is 73.1 Å². The highest BCUT2D eigenvalue weighted by Gasteiger charge is 2.30. The molecule has 4 aromatic rings. The van der Waals surface area contributed by atoms with E-state index in [0.29, 0.717) is 55.1 Å². The number of ether oxygens (including phenoxy) is 6. The topological polar surface area (TPSA) is 416 Å². The molecule has 0 spiro atoms. The van der Waals surface area contributed by atoms with Crippen LogP contribution in [0.2, 0.25) is 0 Å². The lowest BCUT2D eigenvalue weighted by Gasteiger charge is -2.24. The fourth-order valence-corrected chi connectivity index (χ4v) is 11.0. The van der Waals surface area contributed by atoms with E-state index in [-0.39, 0.29) is 189 Å². The number of nitrogens with one attached hydrogen (secondary N) is 9. The number of hydrogen-bond donors (Lipinski definition) is 9. The number of anilines is 2. The van der Waals surface area contributed by atoms with Crippen LogP contribution in [-0.2, 0) is 120 Å². The van der Waals surface area contributed by atoms with Gasteiger partial charge in [-0.3, -0.25) is 57.6 Å². The van der Waals surface area contributed by atoms with E-state index in [1.54, 1.807) is 63.3 Å². The van der Waals surface area contributed by atoms with Crippen molar-refractivity contribution in [2.75, 3.05) is 96.5 Å². The van der Waals surface area contributed by atoms with Gasteiger partial charge >= 0.3 is 0 Å². The minimum atomic E-state index is -1.09. The van der Waals surface area contributed by atoms with Gasteiger partial charge in [-0.15, -0.1) is 10.2 Å². The molecule has 1 aliphatic heterocycles. The van der Waals surface area contributed by atoms with Crippen LogP contribution in [0, 0.1) is 22.7 Å². The van der Waals surface area contributed by atoms with E-state index in [2.05, 4.69) is 110 Å². The molecule has 2 aromatic carbocycles. The Morgan fingerprint density at radius 1 is 0.409 bits per heavy atom. The van der Waals surface area contributed by atoms with Crippen molar-refractivity contribution >= 4 is 76.4 Å². The van der Waals surface area contributed by atoms with E-state index < -0.39 is 59.7 Å². The number of nitrogens with zero attached hydrogens (tertiary/aromatic N) is 7. The van der Waals surface area contributed by atoms with Crippen molar-refractivity contribution < 1.29 is 81.2 Å². The smallest absolute Gasteiger partial charge is 0.253 e. The lowest BCUT2D eigenvalue weighted by atomic mass is 9.88. The average Bonchev–Trinajstić information content (AvgIpc) is 1.57. The van der Waals surface area contributed by atoms with Crippen LogP contribution >= 0.6 is 0 Å². The maximum Gasteiger partial charge on any atom is 0.253 e. The van der Waals surface area contributed by atoms with Gasteiger partial charge in [0.2, 0.25) is 53.2 Å². The summed E-state index contributed by atoms with van der Waals surface area (Å²) >= 11 is 0. The Bertz CT molecular complexity index is 3570. The van der Waals surface area contributed by atoms with Crippen molar-refractivity contribution in [1.82, 2.24) is 72.1 Å². The van der Waals surface area contributed by atoms with Crippen LogP contribution in [0.5, 0.6) is 0 Å². The second-order valence-electron chi connectivity index (χ2n) is 30.1. The molecule has 608 valence electrons. The Labute approximate surface area is 645 Å². The molecule has 3 heterocycles. The van der Waals surface area contributed by atoms with Crippen LogP contribution in [-0.4, -0.2) is 216 Å². The SMILES string of the molecule is CC(C)[C@H](NC(=O)CCOCCOCCOCCn1cc(CNC(=O)CC[C@H](NC(=O)CCCCCN2C(=O)C=CC2=O)C(=O)NCc2cn(CCOCCOCCOCCC(=O)N[C@H](C(=O)N[C@@H](C)C(=O)Nc3ccc(CC(C)(C)C)cc3)C(C)C)nn2)nn1)C(=O)N[C@@H](C)C(=O)Nc1ccc(CC(C)(C)C)cc1. The number of rotatable bonds is 53. The Morgan fingerprint density at radius 2 is 0.800 bits per heavy atom. The van der Waals surface area contributed by atoms with E-state index in [1.165, 1.54) is 12.2 Å². The molecular formula is C77H118N16O17. The van der Waals surface area contributed by atoms with Gasteiger partial charge in [0.1, 0.15) is 41.6 Å². The molecule has 9 N–H and O–H groups in total. The maximum atomic E-state index is 13.6. The van der Waals surface area contributed by atoms with E-state index in [0.717, 1.165) is 28.9 Å². The first kappa shape index (κ1) is 91.2. The van der Waals surface area contributed by atoms with Crippen molar-refractivity contribution in [2.45, 2.75) is 204 Å². The predicted molar refractivity (Wildman–Crippen MR) is 409 cm³/mol. The van der Waals surface area contributed by atoms with Gasteiger partial charge in [-0.2, -0.15) is 0 Å². The molecule has 5 rings (SSSR count). The summed E-state index contributed by atoms with van der Waals surface area (Å²) in [5.41, 5.74) is 4.69. The third kappa shape index (κ3) is 37.3. The van der Waals surface area contributed by atoms with Gasteiger partial charge in [0.25, 0.3) is 11.8 Å². The van der Waals surface area contributed by atoms with E-state index >= 15 is 0 Å². The highest BCUT2D eigenvalue weighted by Crippen LogP contribution is 2.24. The molecular weight excluding hydrogens is 1420 g/mol. The molecule has 33 nitrogen and oxygen atoms in total. The molecule has 0 fully saturated rings. The molecule has 2 aromatic heterocycles. The summed E-state index contributed by atoms with van der Waals surface area (Å²) in [6.45, 7) is 27.1. The largest absolute Gasteiger partial charge is 0.379 e. The van der Waals surface area contributed by atoms with Gasteiger partial charge in [0.15, 0.2) is 0 Å². The Balaban J connectivity index is 0.912. The van der Waals surface area contributed by atoms with Crippen LogP contribution < -0.4 is 47.9 Å². The van der Waals surface area contributed by atoms with E-state index in [1.807, 2.05) is 48.5 Å². The van der Waals surface area contributed by atoms with Crippen LogP contribution in [0.3, 0.4) is 0 Å². The lowest BCUT2D eigenvalue weighted by Crippen LogP contribution is -2.53. The first-order valence-corrected chi connectivity index (χ1v) is 37.9. The molecule has 0 aliphatic carbocycles. The highest BCUT2D eigenvalue weighted by molar-refractivity contribution is 6.12. The van der Waals surface area contributed by atoms with Crippen molar-refractivity contribution in [2.24, 2.45) is 22.7 Å². The summed E-state index contributed by atoms with van der Waals surface area (Å²) in [5.74, 6) is -5.10. The first-order chi connectivity index (χ1) is 52.3. The van der Waals surface area contributed by atoms with Crippen molar-refractivity contribution in [3.05, 3.63) is 95.6 Å². The average molecular weight is 1540 g/mol. The molecule has 5 atom stereocenters. The van der Waals surface area contributed by atoms with Crippen LogP contribution in [0.25, 0.3) is 0 Å². The molecule has 0 bridgehead atoms. The third-order valence-electron chi connectivity index (χ3n) is 16.9. The fraction of sp³-hybridized carbons (Fsp3) is 0.623. The van der Waals surface area contributed by atoms with Crippen LogP contribution in [0.4, 0.5) is 11.4 Å². The lowest BCUT2D eigenvalue weighted by molar-refractivity contribution is -0.137. The number of imide groups is 1. The van der Waals surface area contributed by atoms with E-state index in [9.17, 15) is 52.7 Å². The van der Waals surface area contributed by atoms with Gasteiger partial charge in [0.05, 0.1) is 118 Å². The summed E-state index contributed by atoms with van der Waals surface area (Å²) in [4.78, 5) is 143. The Kier molecular flexibility index (Phi) is 40.0. The van der Waals surface area contributed by atoms with E-state index in [4.69, 9.17) is 28.4 Å². The maximum absolute atomic E-state index is 13.6. The third-order valence-corrected chi connectivity index (χ3v) is 16.9. The number of unbranched alkanes of at least 4 members (excludes halogenated alkanes) is 2. The zero-order valence-electron chi connectivity index (χ0n) is 66.1. The number of carbonyl (C=O) groups is 11. The summed E-state index contributed by atoms with van der Waals surface area (Å²) in [5, 5.41) is 41.4. The number of aromatic nitrogens is 6. The molecule has 33 heteroatoms. The van der Waals surface area contributed by atoms with Gasteiger partial charge in [-0.25, -0.2) is 9.36 Å². The number of carbonyl (C=O) groups excluding carboxylic acids is 11. The molecule has 0 radical (unpaired) electrons. The summed E-state index contributed by atoms with van der Waals surface area (Å²) < 4.78 is 36.8. The molecule has 1 aliphatic rings.